The van der Waals surface area contributed by atoms with Gasteiger partial charge in [-0.15, -0.1) is 0 Å². The molecule has 1 fully saturated rings. The van der Waals surface area contributed by atoms with Gasteiger partial charge in [0.15, 0.2) is 0 Å². The summed E-state index contributed by atoms with van der Waals surface area (Å²) in [4.78, 5) is 0. The molecule has 0 heterocycles. The average molecular weight is 169 g/mol. The molecule has 1 aliphatic carbocycles. The van der Waals surface area contributed by atoms with Crippen LogP contribution in [0.1, 0.15) is 53.4 Å². The highest BCUT2D eigenvalue weighted by atomic mass is 15.0. The highest BCUT2D eigenvalue weighted by Gasteiger charge is 2.40. The fourth-order valence-electron chi connectivity index (χ4n) is 2.40. The van der Waals surface area contributed by atoms with Crippen molar-refractivity contribution in [3.8, 4) is 0 Å². The van der Waals surface area contributed by atoms with Crippen LogP contribution in [0.25, 0.3) is 0 Å². The van der Waals surface area contributed by atoms with Gasteiger partial charge in [0.1, 0.15) is 0 Å². The van der Waals surface area contributed by atoms with Gasteiger partial charge < -0.3 is 5.32 Å². The van der Waals surface area contributed by atoms with Crippen molar-refractivity contribution in [1.29, 1.82) is 0 Å². The lowest BCUT2D eigenvalue weighted by Crippen LogP contribution is -2.50. The van der Waals surface area contributed by atoms with E-state index in [2.05, 4.69) is 33.0 Å². The smallest absolute Gasteiger partial charge is 0.00800 e. The first-order valence-electron chi connectivity index (χ1n) is 5.38. The third kappa shape index (κ3) is 2.01. The van der Waals surface area contributed by atoms with E-state index in [1.165, 1.54) is 25.7 Å². The first-order valence-corrected chi connectivity index (χ1v) is 5.38. The van der Waals surface area contributed by atoms with Gasteiger partial charge in [-0.05, 0) is 18.3 Å². The van der Waals surface area contributed by atoms with E-state index in [1.54, 1.807) is 0 Å². The number of nitrogens with one attached hydrogen (secondary N) is 1. The normalized spacial score (nSPS) is 22.8. The van der Waals surface area contributed by atoms with Gasteiger partial charge in [0.25, 0.3) is 0 Å². The molecule has 1 nitrogen and oxygen atoms in total. The lowest BCUT2D eigenvalue weighted by molar-refractivity contribution is 0.0678. The molecule has 0 unspecified atom stereocenters. The summed E-state index contributed by atoms with van der Waals surface area (Å²) in [6.07, 6.45) is 5.52. The van der Waals surface area contributed by atoms with E-state index in [-0.39, 0.29) is 0 Å². The Balaban J connectivity index is 2.25. The Kier molecular flexibility index (Phi) is 3.16. The van der Waals surface area contributed by atoms with Gasteiger partial charge in [-0.25, -0.2) is 0 Å². The van der Waals surface area contributed by atoms with Crippen LogP contribution in [0.15, 0.2) is 0 Å². The SMILES string of the molecule is CCC1(CC)CC(NC(C)C)C1. The van der Waals surface area contributed by atoms with E-state index in [1.807, 2.05) is 0 Å². The van der Waals surface area contributed by atoms with Crippen molar-refractivity contribution in [3.63, 3.8) is 0 Å². The molecule has 1 saturated carbocycles. The molecule has 0 radical (unpaired) electrons. The van der Waals surface area contributed by atoms with Crippen molar-refractivity contribution in [1.82, 2.24) is 5.32 Å². The van der Waals surface area contributed by atoms with E-state index in [0.29, 0.717) is 11.5 Å². The predicted octanol–water partition coefficient (Wildman–Crippen LogP) is 2.95. The van der Waals surface area contributed by atoms with Crippen molar-refractivity contribution in [3.05, 3.63) is 0 Å². The second-order valence-corrected chi connectivity index (χ2v) is 4.63. The molecular weight excluding hydrogens is 146 g/mol. The van der Waals surface area contributed by atoms with Gasteiger partial charge in [-0.3, -0.25) is 0 Å². The van der Waals surface area contributed by atoms with E-state index >= 15 is 0 Å². The van der Waals surface area contributed by atoms with Crippen molar-refractivity contribution in [2.24, 2.45) is 5.41 Å². The summed E-state index contributed by atoms with van der Waals surface area (Å²) in [6.45, 7) is 9.12. The Morgan fingerprint density at radius 2 is 1.75 bits per heavy atom. The summed E-state index contributed by atoms with van der Waals surface area (Å²) in [5.41, 5.74) is 0.701. The molecule has 0 aromatic heterocycles. The van der Waals surface area contributed by atoms with E-state index in [0.717, 1.165) is 6.04 Å². The van der Waals surface area contributed by atoms with Crippen LogP contribution >= 0.6 is 0 Å². The Bertz CT molecular complexity index is 128. The zero-order chi connectivity index (χ0) is 9.19. The quantitative estimate of drug-likeness (QED) is 0.682. The maximum Gasteiger partial charge on any atom is 0.00800 e. The number of hydrogen-bond acceptors (Lipinski definition) is 1. The zero-order valence-electron chi connectivity index (χ0n) is 8.98. The van der Waals surface area contributed by atoms with E-state index in [4.69, 9.17) is 0 Å². The molecule has 12 heavy (non-hydrogen) atoms. The summed E-state index contributed by atoms with van der Waals surface area (Å²) in [5, 5.41) is 3.60. The fourth-order valence-corrected chi connectivity index (χ4v) is 2.40. The first kappa shape index (κ1) is 10.0. The second kappa shape index (κ2) is 3.78. The first-order chi connectivity index (χ1) is 5.62. The Morgan fingerprint density at radius 3 is 2.08 bits per heavy atom. The van der Waals surface area contributed by atoms with E-state index < -0.39 is 0 Å². The summed E-state index contributed by atoms with van der Waals surface area (Å²) in [6, 6.07) is 1.46. The zero-order valence-corrected chi connectivity index (χ0v) is 8.98. The third-order valence-electron chi connectivity index (χ3n) is 3.43. The van der Waals surface area contributed by atoms with Crippen LogP contribution in [-0.2, 0) is 0 Å². The molecule has 0 aliphatic heterocycles. The van der Waals surface area contributed by atoms with Gasteiger partial charge in [-0.1, -0.05) is 40.5 Å². The van der Waals surface area contributed by atoms with Crippen LogP contribution in [0.5, 0.6) is 0 Å². The molecule has 1 rings (SSSR count). The van der Waals surface area contributed by atoms with Crippen molar-refractivity contribution in [2.75, 3.05) is 0 Å². The summed E-state index contributed by atoms with van der Waals surface area (Å²) < 4.78 is 0. The van der Waals surface area contributed by atoms with Crippen LogP contribution < -0.4 is 5.32 Å². The summed E-state index contributed by atoms with van der Waals surface area (Å²) in [7, 11) is 0. The largest absolute Gasteiger partial charge is 0.312 e. The summed E-state index contributed by atoms with van der Waals surface area (Å²) >= 11 is 0. The molecule has 0 saturated heterocycles. The molecule has 72 valence electrons. The summed E-state index contributed by atoms with van der Waals surface area (Å²) in [5.74, 6) is 0. The van der Waals surface area contributed by atoms with Gasteiger partial charge in [-0.2, -0.15) is 0 Å². The van der Waals surface area contributed by atoms with Gasteiger partial charge in [0.05, 0.1) is 0 Å². The third-order valence-corrected chi connectivity index (χ3v) is 3.43. The van der Waals surface area contributed by atoms with Crippen molar-refractivity contribution >= 4 is 0 Å². The van der Waals surface area contributed by atoms with Crippen LogP contribution in [0.2, 0.25) is 0 Å². The van der Waals surface area contributed by atoms with E-state index in [9.17, 15) is 0 Å². The molecule has 0 aromatic rings. The van der Waals surface area contributed by atoms with Crippen LogP contribution in [0, 0.1) is 5.41 Å². The minimum atomic E-state index is 0.654. The molecule has 0 bridgehead atoms. The molecule has 0 spiro atoms. The predicted molar refractivity (Wildman–Crippen MR) is 54.3 cm³/mol. The Labute approximate surface area is 76.9 Å². The maximum atomic E-state index is 3.60. The average Bonchev–Trinajstić information content (AvgIpc) is 1.95. The monoisotopic (exact) mass is 169 g/mol. The number of hydrogen-bond donors (Lipinski definition) is 1. The minimum absolute atomic E-state index is 0.654. The van der Waals surface area contributed by atoms with Crippen LogP contribution in [0.3, 0.4) is 0 Å². The number of rotatable bonds is 4. The highest BCUT2D eigenvalue weighted by Crippen LogP contribution is 2.46. The molecular formula is C11H23N. The topological polar surface area (TPSA) is 12.0 Å². The van der Waals surface area contributed by atoms with Gasteiger partial charge >= 0.3 is 0 Å². The van der Waals surface area contributed by atoms with Crippen LogP contribution in [0.4, 0.5) is 0 Å². The Hall–Kier alpha value is -0.0400. The molecule has 1 N–H and O–H groups in total. The standard InChI is InChI=1S/C11H23N/c1-5-11(6-2)7-10(8-11)12-9(3)4/h9-10,12H,5-8H2,1-4H3. The second-order valence-electron chi connectivity index (χ2n) is 4.63. The lowest BCUT2D eigenvalue weighted by atomic mass is 9.62. The molecule has 0 amide bonds. The van der Waals surface area contributed by atoms with Crippen LogP contribution in [-0.4, -0.2) is 12.1 Å². The van der Waals surface area contributed by atoms with Crippen molar-refractivity contribution < 1.29 is 0 Å². The minimum Gasteiger partial charge on any atom is -0.312 e. The lowest BCUT2D eigenvalue weighted by Gasteiger charge is -2.48. The molecule has 0 aromatic carbocycles. The van der Waals surface area contributed by atoms with Gasteiger partial charge in [0, 0.05) is 12.1 Å². The Morgan fingerprint density at radius 1 is 1.25 bits per heavy atom. The van der Waals surface area contributed by atoms with Gasteiger partial charge in [0.2, 0.25) is 0 Å². The molecule has 0 atom stereocenters. The highest BCUT2D eigenvalue weighted by molar-refractivity contribution is 4.96. The van der Waals surface area contributed by atoms with Crippen molar-refractivity contribution in [2.45, 2.75) is 65.5 Å². The maximum absolute atomic E-state index is 3.60. The fraction of sp³-hybridized carbons (Fsp3) is 1.00. The molecule has 1 heteroatoms. The molecule has 1 aliphatic rings.